The van der Waals surface area contributed by atoms with Gasteiger partial charge in [-0.3, -0.25) is 14.5 Å². The number of carbonyl (C=O) groups is 4. The fourth-order valence-corrected chi connectivity index (χ4v) is 9.34. The molecule has 3 aliphatic rings. The van der Waals surface area contributed by atoms with Crippen molar-refractivity contribution < 1.29 is 75.0 Å². The van der Waals surface area contributed by atoms with Crippen LogP contribution in [-0.2, 0) is 58.8 Å². The average Bonchev–Trinajstić information content (AvgIpc) is 4.12. The molecule has 0 radical (unpaired) electrons. The van der Waals surface area contributed by atoms with Gasteiger partial charge in [-0.05, 0) is 48.9 Å². The number of nitrogens with zero attached hydrogens (tertiary/aromatic N) is 4. The number of alkyl halides is 1. The maximum atomic E-state index is 15.5. The number of benzene rings is 2. The van der Waals surface area contributed by atoms with Crippen LogP contribution in [0.2, 0.25) is 0 Å². The van der Waals surface area contributed by atoms with Gasteiger partial charge in [-0.1, -0.05) is 37.3 Å². The summed E-state index contributed by atoms with van der Waals surface area (Å²) in [5, 5.41) is 8.15. The first-order chi connectivity index (χ1) is 37.3. The minimum Gasteiger partial charge on any atom is -0.447 e. The molecule has 428 valence electrons. The molecule has 20 nitrogen and oxygen atoms in total. The smallest absolute Gasteiger partial charge is 0.407 e. The molecule has 1 aromatic heterocycles. The summed E-state index contributed by atoms with van der Waals surface area (Å²) >= 11 is 4.09. The summed E-state index contributed by atoms with van der Waals surface area (Å²) in [6.07, 6.45) is 0.928. The average molecular weight is 1110 g/mol. The number of carbonyl (C=O) groups excluding carboxylic acids is 4. The Morgan fingerprint density at radius 2 is 1.45 bits per heavy atom. The predicted molar refractivity (Wildman–Crippen MR) is 279 cm³/mol. The van der Waals surface area contributed by atoms with Crippen molar-refractivity contribution in [3.8, 4) is 11.3 Å². The van der Waals surface area contributed by atoms with Crippen molar-refractivity contribution in [2.75, 3.05) is 145 Å². The van der Waals surface area contributed by atoms with Crippen LogP contribution in [0.5, 0.6) is 0 Å². The fraction of sp³-hybridized carbons (Fsp3) is 0.642. The number of thiol groups is 1. The van der Waals surface area contributed by atoms with Crippen molar-refractivity contribution in [3.63, 3.8) is 0 Å². The van der Waals surface area contributed by atoms with Crippen LogP contribution in [0.25, 0.3) is 11.3 Å². The molecule has 3 aromatic rings. The normalized spacial score (nSPS) is 19.1. The molecule has 2 aromatic carbocycles. The van der Waals surface area contributed by atoms with Crippen molar-refractivity contribution in [1.82, 2.24) is 35.3 Å². The van der Waals surface area contributed by atoms with E-state index in [2.05, 4.69) is 28.6 Å². The number of alkyl carbamates (subject to hydrolysis) is 1. The van der Waals surface area contributed by atoms with E-state index >= 15 is 8.78 Å². The Balaban J connectivity index is 0.853. The van der Waals surface area contributed by atoms with Crippen LogP contribution in [-0.4, -0.2) is 206 Å². The molecule has 5 amide bonds. The number of imidazole rings is 1. The molecule has 3 fully saturated rings. The summed E-state index contributed by atoms with van der Waals surface area (Å²) in [4.78, 5) is 58.8. The van der Waals surface area contributed by atoms with Crippen LogP contribution in [0.15, 0.2) is 54.7 Å². The number of nitrogens with one attached hydrogen (secondary N) is 3. The van der Waals surface area contributed by atoms with Crippen LogP contribution in [0.1, 0.15) is 50.5 Å². The van der Waals surface area contributed by atoms with Crippen LogP contribution >= 0.6 is 12.6 Å². The number of urea groups is 1. The summed E-state index contributed by atoms with van der Waals surface area (Å²) < 4.78 is 97.1. The summed E-state index contributed by atoms with van der Waals surface area (Å²) in [6.45, 7) is 10.5. The molecule has 4 heterocycles. The van der Waals surface area contributed by atoms with Crippen LogP contribution in [0.4, 0.5) is 22.8 Å². The minimum atomic E-state index is -1.23. The third-order valence-electron chi connectivity index (χ3n) is 13.3. The zero-order valence-electron chi connectivity index (χ0n) is 44.1. The zero-order chi connectivity index (χ0) is 54.8. The number of hydrogen-bond acceptors (Lipinski definition) is 16. The molecular weight excluding hydrogens is 1030 g/mol. The van der Waals surface area contributed by atoms with Gasteiger partial charge in [0.1, 0.15) is 30.2 Å². The van der Waals surface area contributed by atoms with Gasteiger partial charge in [-0.25, -0.2) is 27.7 Å². The summed E-state index contributed by atoms with van der Waals surface area (Å²) in [5.41, 5.74) is 0.419. The molecular formula is C53H76F3N7O13S. The molecule has 3 saturated heterocycles. The largest absolute Gasteiger partial charge is 0.447 e. The van der Waals surface area contributed by atoms with Crippen LogP contribution < -0.4 is 16.0 Å². The van der Waals surface area contributed by atoms with Gasteiger partial charge in [0.15, 0.2) is 0 Å². The molecule has 3 N–H and O–H groups in total. The van der Waals surface area contributed by atoms with E-state index in [1.165, 1.54) is 4.90 Å². The van der Waals surface area contributed by atoms with Crippen molar-refractivity contribution in [2.24, 2.45) is 11.3 Å². The number of aromatic nitrogens is 2. The van der Waals surface area contributed by atoms with E-state index in [-0.39, 0.29) is 75.5 Å². The van der Waals surface area contributed by atoms with Gasteiger partial charge in [0, 0.05) is 70.0 Å². The summed E-state index contributed by atoms with van der Waals surface area (Å²) in [7, 11) is 0. The Morgan fingerprint density at radius 1 is 0.857 bits per heavy atom. The molecule has 5 unspecified atom stereocenters. The molecule has 6 rings (SSSR count). The van der Waals surface area contributed by atoms with Crippen molar-refractivity contribution >= 4 is 36.6 Å². The molecule has 0 bridgehead atoms. The van der Waals surface area contributed by atoms with E-state index < -0.39 is 58.6 Å². The van der Waals surface area contributed by atoms with Gasteiger partial charge in [0.05, 0.1) is 122 Å². The highest BCUT2D eigenvalue weighted by molar-refractivity contribution is 7.81. The number of rotatable bonds is 35. The lowest BCUT2D eigenvalue weighted by Crippen LogP contribution is -2.54. The van der Waals surface area contributed by atoms with Gasteiger partial charge < -0.3 is 68.0 Å². The number of amides is 5. The lowest BCUT2D eigenvalue weighted by Gasteiger charge is -2.46. The van der Waals surface area contributed by atoms with Gasteiger partial charge in [-0.2, -0.15) is 12.6 Å². The zero-order valence-corrected chi connectivity index (χ0v) is 45.0. The highest BCUT2D eigenvalue weighted by Crippen LogP contribution is 2.47. The highest BCUT2D eigenvalue weighted by Gasteiger charge is 2.47. The number of imide groups is 1. The molecule has 77 heavy (non-hydrogen) atoms. The van der Waals surface area contributed by atoms with Crippen molar-refractivity contribution in [2.45, 2.75) is 63.2 Å². The molecule has 0 spiro atoms. The maximum Gasteiger partial charge on any atom is 0.407 e. The first-order valence-electron chi connectivity index (χ1n) is 26.4. The lowest BCUT2D eigenvalue weighted by atomic mass is 9.74. The maximum absolute atomic E-state index is 15.5. The Labute approximate surface area is 454 Å². The summed E-state index contributed by atoms with van der Waals surface area (Å²) in [6, 6.07) is 10.8. The Morgan fingerprint density at radius 3 is 2.03 bits per heavy atom. The second kappa shape index (κ2) is 32.9. The minimum absolute atomic E-state index is 0.0137. The SMILES string of the molecule is CC(COC(=O)NCCOCCOCCOCCOCCOCCOCCOCCN1C(=O)CC(S)C1=O)NC(=O)N(CC1CNCC1F)C(c1nc(-c2cc(F)ccc2F)cn1Cc1ccccc1)C1(C)CCOCC1. The standard InChI is InChI=1S/C53H76F3N7O13S/c1-38(37-76-52(67)58-12-16-69-18-20-71-22-24-73-26-28-75-29-27-74-25-23-72-21-19-70-17-13-62-47(64)31-46(77)50(62)65)59-51(66)63(35-40-32-57-33-44(40)56)48(53(2)10-14-68-15-11-53)49-60-45(42-30-41(54)8-9-43(42)55)36-61(49)34-39-6-4-3-5-7-39/h3-9,30,36,38,40,44,46,48,57,77H,10-29,31-35,37H2,1-2H3,(H,58,67)(H,59,66). The van der Waals surface area contributed by atoms with Crippen LogP contribution in [0, 0.1) is 23.0 Å². The Kier molecular flexibility index (Phi) is 26.2. The van der Waals surface area contributed by atoms with E-state index in [1.807, 2.05) is 41.8 Å². The second-order valence-electron chi connectivity index (χ2n) is 19.2. The van der Waals surface area contributed by atoms with Gasteiger partial charge in [0.2, 0.25) is 11.8 Å². The lowest BCUT2D eigenvalue weighted by molar-refractivity contribution is -0.139. The second-order valence-corrected chi connectivity index (χ2v) is 19.9. The molecule has 24 heteroatoms. The number of ether oxygens (including phenoxy) is 9. The van der Waals surface area contributed by atoms with E-state index in [0.717, 1.165) is 23.8 Å². The third-order valence-corrected chi connectivity index (χ3v) is 13.7. The predicted octanol–water partition coefficient (Wildman–Crippen LogP) is 4.59. The molecule has 0 saturated carbocycles. The fourth-order valence-electron chi connectivity index (χ4n) is 9.05. The van der Waals surface area contributed by atoms with Gasteiger partial charge in [0.25, 0.3) is 0 Å². The van der Waals surface area contributed by atoms with Crippen LogP contribution in [0.3, 0.4) is 0 Å². The number of likely N-dealkylation sites (tertiary alicyclic amines) is 1. The van der Waals surface area contributed by atoms with Gasteiger partial charge >= 0.3 is 12.1 Å². The Hall–Kier alpha value is -4.89. The van der Waals surface area contributed by atoms with Gasteiger partial charge in [-0.15, -0.1) is 0 Å². The molecule has 3 aliphatic heterocycles. The van der Waals surface area contributed by atoms with E-state index in [0.29, 0.717) is 124 Å². The Bertz CT molecular complexity index is 2270. The van der Waals surface area contributed by atoms with E-state index in [9.17, 15) is 23.6 Å². The monoisotopic (exact) mass is 1110 g/mol. The quantitative estimate of drug-likeness (QED) is 0.0361. The van der Waals surface area contributed by atoms with Crippen molar-refractivity contribution in [1.29, 1.82) is 0 Å². The number of halogens is 3. The topological polar surface area (TPSA) is 212 Å². The van der Waals surface area contributed by atoms with E-state index in [4.69, 9.17) is 47.6 Å². The third kappa shape index (κ3) is 20.1. The summed E-state index contributed by atoms with van der Waals surface area (Å²) in [5.74, 6) is -1.92. The van der Waals surface area contributed by atoms with E-state index in [1.54, 1.807) is 18.0 Å². The first-order valence-corrected chi connectivity index (χ1v) is 26.9. The highest BCUT2D eigenvalue weighted by atomic mass is 32.1. The van der Waals surface area contributed by atoms with Crippen molar-refractivity contribution in [3.05, 3.63) is 77.8 Å². The molecule has 0 aliphatic carbocycles. The first kappa shape index (κ1) is 61.3. The molecule has 5 atom stereocenters. The number of hydrogen-bond donors (Lipinski definition) is 4.